The molecular formula is C16H22ClNO4S. The molecule has 128 valence electrons. The van der Waals surface area contributed by atoms with E-state index in [4.69, 9.17) is 11.6 Å². The van der Waals surface area contributed by atoms with E-state index >= 15 is 0 Å². The first kappa shape index (κ1) is 19.6. The number of carboxylic acids is 1. The average molecular weight is 360 g/mol. The molecular weight excluding hydrogens is 338 g/mol. The first-order valence-corrected chi connectivity index (χ1v) is 9.46. The molecule has 0 aliphatic carbocycles. The van der Waals surface area contributed by atoms with Gasteiger partial charge in [-0.3, -0.25) is 13.8 Å². The summed E-state index contributed by atoms with van der Waals surface area (Å²) < 4.78 is 11.3. The Hall–Kier alpha value is -1.40. The Morgan fingerprint density at radius 1 is 1.30 bits per heavy atom. The molecule has 0 saturated heterocycles. The third-order valence-electron chi connectivity index (χ3n) is 3.98. The number of carbonyl (C=O) groups excluding carboxylic acids is 1. The molecule has 1 amide bonds. The summed E-state index contributed by atoms with van der Waals surface area (Å²) in [5.41, 5.74) is 0.131. The third kappa shape index (κ3) is 5.32. The highest BCUT2D eigenvalue weighted by Gasteiger charge is 2.37. The number of hydrogen-bond donors (Lipinski definition) is 2. The second-order valence-corrected chi connectivity index (χ2v) is 7.39. The summed E-state index contributed by atoms with van der Waals surface area (Å²) in [6.07, 6.45) is 2.22. The van der Waals surface area contributed by atoms with Crippen molar-refractivity contribution >= 4 is 40.0 Å². The lowest BCUT2D eigenvalue weighted by atomic mass is 9.79. The van der Waals surface area contributed by atoms with Crippen LogP contribution in [0.3, 0.4) is 0 Å². The minimum atomic E-state index is -1.07. The molecule has 0 spiro atoms. The summed E-state index contributed by atoms with van der Waals surface area (Å²) in [6.45, 7) is 3.52. The molecule has 0 radical (unpaired) electrons. The van der Waals surface area contributed by atoms with Crippen LogP contribution in [0.2, 0.25) is 5.02 Å². The van der Waals surface area contributed by atoms with Gasteiger partial charge in [0.1, 0.15) is 0 Å². The molecule has 1 atom stereocenters. The van der Waals surface area contributed by atoms with Crippen LogP contribution in [-0.4, -0.2) is 27.4 Å². The van der Waals surface area contributed by atoms with Gasteiger partial charge in [-0.1, -0.05) is 31.5 Å². The number of hydrogen-bond acceptors (Lipinski definition) is 3. The Morgan fingerprint density at radius 2 is 1.91 bits per heavy atom. The molecule has 0 aliphatic heterocycles. The molecule has 0 fully saturated rings. The van der Waals surface area contributed by atoms with Gasteiger partial charge in [0.2, 0.25) is 5.91 Å². The molecule has 1 unspecified atom stereocenters. The molecule has 7 heteroatoms. The first-order valence-electron chi connectivity index (χ1n) is 7.35. The van der Waals surface area contributed by atoms with Gasteiger partial charge in [0.25, 0.3) is 0 Å². The average Bonchev–Trinajstić information content (AvgIpc) is 2.47. The van der Waals surface area contributed by atoms with Gasteiger partial charge in [0.15, 0.2) is 0 Å². The molecule has 0 aliphatic rings. The first-order chi connectivity index (χ1) is 10.7. The van der Waals surface area contributed by atoms with Crippen LogP contribution in [0.25, 0.3) is 0 Å². The number of nitrogens with one attached hydrogen (secondary N) is 1. The Balaban J connectivity index is 2.92. The van der Waals surface area contributed by atoms with Crippen molar-refractivity contribution in [2.45, 2.75) is 38.9 Å². The van der Waals surface area contributed by atoms with E-state index in [0.29, 0.717) is 29.3 Å². The van der Waals surface area contributed by atoms with E-state index in [2.05, 4.69) is 5.32 Å². The minimum absolute atomic E-state index is 0.115. The maximum Gasteiger partial charge on any atom is 0.310 e. The second-order valence-electron chi connectivity index (χ2n) is 5.55. The van der Waals surface area contributed by atoms with E-state index in [9.17, 15) is 18.9 Å². The van der Waals surface area contributed by atoms with Crippen molar-refractivity contribution in [2.24, 2.45) is 5.41 Å². The number of halogens is 1. The molecule has 0 aromatic heterocycles. The van der Waals surface area contributed by atoms with Crippen molar-refractivity contribution < 1.29 is 18.9 Å². The van der Waals surface area contributed by atoms with Crippen molar-refractivity contribution in [3.63, 3.8) is 0 Å². The molecule has 1 aromatic carbocycles. The van der Waals surface area contributed by atoms with Crippen molar-refractivity contribution in [1.82, 2.24) is 0 Å². The maximum atomic E-state index is 12.2. The van der Waals surface area contributed by atoms with Crippen molar-refractivity contribution in [3.05, 3.63) is 28.8 Å². The van der Waals surface area contributed by atoms with Crippen LogP contribution in [0.5, 0.6) is 0 Å². The lowest BCUT2D eigenvalue weighted by Crippen LogP contribution is -2.34. The van der Waals surface area contributed by atoms with Crippen LogP contribution >= 0.6 is 11.6 Å². The monoisotopic (exact) mass is 359 g/mol. The summed E-state index contributed by atoms with van der Waals surface area (Å²) >= 11 is 6.07. The summed E-state index contributed by atoms with van der Waals surface area (Å²) in [4.78, 5) is 23.7. The second kappa shape index (κ2) is 8.45. The van der Waals surface area contributed by atoms with Gasteiger partial charge in [-0.2, -0.15) is 0 Å². The minimum Gasteiger partial charge on any atom is -0.481 e. The van der Waals surface area contributed by atoms with Crippen LogP contribution in [0.15, 0.2) is 18.2 Å². The molecule has 0 heterocycles. The SMILES string of the molecule is CCC(CC)(CC(=O)Nc1cc(CS(C)=O)ccc1Cl)C(=O)O. The number of carbonyl (C=O) groups is 2. The van der Waals surface area contributed by atoms with Crippen molar-refractivity contribution in [3.8, 4) is 0 Å². The molecule has 0 bridgehead atoms. The zero-order chi connectivity index (χ0) is 17.6. The Kier molecular flexibility index (Phi) is 7.22. The van der Waals surface area contributed by atoms with Crippen LogP contribution in [0.1, 0.15) is 38.7 Å². The highest BCUT2D eigenvalue weighted by molar-refractivity contribution is 7.83. The number of rotatable bonds is 8. The van der Waals surface area contributed by atoms with E-state index in [1.165, 1.54) is 0 Å². The number of carboxylic acid groups (broad SMARTS) is 1. The quantitative estimate of drug-likeness (QED) is 0.744. The third-order valence-corrected chi connectivity index (χ3v) is 5.05. The standard InChI is InChI=1S/C16H22ClNO4S/c1-4-16(5-2,15(20)21)9-14(19)18-13-8-11(10-23(3)22)6-7-12(13)17/h6-8H,4-5,9-10H2,1-3H3,(H,18,19)(H,20,21). The molecule has 2 N–H and O–H groups in total. The van der Waals surface area contributed by atoms with Crippen LogP contribution in [0, 0.1) is 5.41 Å². The van der Waals surface area contributed by atoms with Crippen molar-refractivity contribution in [1.29, 1.82) is 0 Å². The van der Waals surface area contributed by atoms with Gasteiger partial charge in [-0.25, -0.2) is 0 Å². The smallest absolute Gasteiger partial charge is 0.310 e. The Bertz CT molecular complexity index is 614. The number of benzene rings is 1. The fourth-order valence-corrected chi connectivity index (χ4v) is 3.19. The Labute approximate surface area is 143 Å². The molecule has 0 saturated carbocycles. The highest BCUT2D eigenvalue weighted by Crippen LogP contribution is 2.32. The predicted molar refractivity (Wildman–Crippen MR) is 93.1 cm³/mol. The zero-order valence-corrected chi connectivity index (χ0v) is 15.1. The summed E-state index contributed by atoms with van der Waals surface area (Å²) in [7, 11) is -1.00. The normalized spacial score (nSPS) is 12.7. The fourth-order valence-electron chi connectivity index (χ4n) is 2.37. The fraction of sp³-hybridized carbons (Fsp3) is 0.500. The number of amides is 1. The van der Waals surface area contributed by atoms with Gasteiger partial charge < -0.3 is 10.4 Å². The van der Waals surface area contributed by atoms with Crippen molar-refractivity contribution in [2.75, 3.05) is 11.6 Å². The summed E-state index contributed by atoms with van der Waals surface area (Å²) in [6, 6.07) is 5.05. The van der Waals surface area contributed by atoms with E-state index < -0.39 is 28.1 Å². The summed E-state index contributed by atoms with van der Waals surface area (Å²) in [5, 5.41) is 12.4. The van der Waals surface area contributed by atoms with E-state index in [1.54, 1.807) is 38.3 Å². The van der Waals surface area contributed by atoms with E-state index in [0.717, 1.165) is 5.56 Å². The van der Waals surface area contributed by atoms with Gasteiger partial charge in [-0.05, 0) is 30.5 Å². The highest BCUT2D eigenvalue weighted by atomic mass is 35.5. The van der Waals surface area contributed by atoms with E-state index in [-0.39, 0.29) is 6.42 Å². The molecule has 1 rings (SSSR count). The lowest BCUT2D eigenvalue weighted by Gasteiger charge is -2.26. The topological polar surface area (TPSA) is 83.5 Å². The van der Waals surface area contributed by atoms with Crippen LogP contribution in [0.4, 0.5) is 5.69 Å². The van der Waals surface area contributed by atoms with Gasteiger partial charge >= 0.3 is 5.97 Å². The van der Waals surface area contributed by atoms with Gasteiger partial charge in [0, 0.05) is 29.2 Å². The molecule has 23 heavy (non-hydrogen) atoms. The Morgan fingerprint density at radius 3 is 2.39 bits per heavy atom. The number of anilines is 1. The number of aliphatic carboxylic acids is 1. The largest absolute Gasteiger partial charge is 0.481 e. The summed E-state index contributed by atoms with van der Waals surface area (Å²) in [5.74, 6) is -1.00. The zero-order valence-electron chi connectivity index (χ0n) is 13.5. The van der Waals surface area contributed by atoms with Crippen LogP contribution < -0.4 is 5.32 Å². The van der Waals surface area contributed by atoms with Gasteiger partial charge in [0.05, 0.1) is 16.1 Å². The lowest BCUT2D eigenvalue weighted by molar-refractivity contribution is -0.151. The van der Waals surface area contributed by atoms with Crippen LogP contribution in [-0.2, 0) is 26.1 Å². The maximum absolute atomic E-state index is 12.2. The van der Waals surface area contributed by atoms with E-state index in [1.807, 2.05) is 0 Å². The van der Waals surface area contributed by atoms with Gasteiger partial charge in [-0.15, -0.1) is 0 Å². The molecule has 5 nitrogen and oxygen atoms in total. The predicted octanol–water partition coefficient (Wildman–Crippen LogP) is 3.44. The molecule has 1 aromatic rings.